The van der Waals surface area contributed by atoms with Gasteiger partial charge in [0.1, 0.15) is 12.0 Å². The minimum absolute atomic E-state index is 0.254. The Morgan fingerprint density at radius 2 is 1.93 bits per heavy atom. The van der Waals surface area contributed by atoms with E-state index in [1.165, 1.54) is 0 Å². The summed E-state index contributed by atoms with van der Waals surface area (Å²) in [6, 6.07) is 5.18. The van der Waals surface area contributed by atoms with Gasteiger partial charge in [-0.3, -0.25) is 0 Å². The van der Waals surface area contributed by atoms with Crippen LogP contribution >= 0.6 is 0 Å². The summed E-state index contributed by atoms with van der Waals surface area (Å²) in [4.78, 5) is 10.5. The second-order valence-corrected chi connectivity index (χ2v) is 5.22. The molecular formula is C10H12O3S. The van der Waals surface area contributed by atoms with Crippen LogP contribution in [0.3, 0.4) is 0 Å². The summed E-state index contributed by atoms with van der Waals surface area (Å²) in [5.41, 5.74) is 1.55. The van der Waals surface area contributed by atoms with E-state index in [9.17, 15) is 13.2 Å². The van der Waals surface area contributed by atoms with Gasteiger partial charge in [0.25, 0.3) is 0 Å². The second kappa shape index (κ2) is 3.92. The summed E-state index contributed by atoms with van der Waals surface area (Å²) in [5, 5.41) is 0. The van der Waals surface area contributed by atoms with Gasteiger partial charge in [-0.05, 0) is 31.0 Å². The zero-order chi connectivity index (χ0) is 10.8. The first kappa shape index (κ1) is 10.9. The fourth-order valence-corrected chi connectivity index (χ4v) is 2.50. The van der Waals surface area contributed by atoms with Crippen LogP contribution in [-0.2, 0) is 14.6 Å². The van der Waals surface area contributed by atoms with Crippen LogP contribution < -0.4 is 0 Å². The Labute approximate surface area is 83.7 Å². The van der Waals surface area contributed by atoms with Crippen LogP contribution in [-0.4, -0.2) is 20.5 Å². The Balaban J connectivity index is 3.31. The number of aryl methyl sites for hydroxylation is 2. The zero-order valence-corrected chi connectivity index (χ0v) is 8.97. The fourth-order valence-electron chi connectivity index (χ4n) is 1.22. The van der Waals surface area contributed by atoms with Gasteiger partial charge in [-0.2, -0.15) is 0 Å². The standard InChI is InChI=1S/C10H12O3S/c1-8-3-4-9(2)10(7-8)14(12,13)6-5-11/h3-5,7H,6H2,1-2H3. The summed E-state index contributed by atoms with van der Waals surface area (Å²) in [6.45, 7) is 3.54. The van der Waals surface area contributed by atoms with Crippen molar-refractivity contribution in [2.24, 2.45) is 0 Å². The quantitative estimate of drug-likeness (QED) is 0.709. The van der Waals surface area contributed by atoms with Crippen molar-refractivity contribution in [3.8, 4) is 0 Å². The number of benzene rings is 1. The van der Waals surface area contributed by atoms with E-state index in [0.29, 0.717) is 11.8 Å². The lowest BCUT2D eigenvalue weighted by Gasteiger charge is -2.05. The van der Waals surface area contributed by atoms with Gasteiger partial charge in [0, 0.05) is 0 Å². The van der Waals surface area contributed by atoms with Crippen molar-refractivity contribution in [1.82, 2.24) is 0 Å². The van der Waals surface area contributed by atoms with Crippen molar-refractivity contribution in [3.05, 3.63) is 29.3 Å². The molecule has 0 saturated carbocycles. The van der Waals surface area contributed by atoms with Crippen molar-refractivity contribution in [2.75, 3.05) is 5.75 Å². The van der Waals surface area contributed by atoms with Crippen LogP contribution in [0.5, 0.6) is 0 Å². The fraction of sp³-hybridized carbons (Fsp3) is 0.300. The van der Waals surface area contributed by atoms with E-state index in [1.54, 1.807) is 19.1 Å². The molecule has 1 aromatic carbocycles. The van der Waals surface area contributed by atoms with Crippen LogP contribution in [0.15, 0.2) is 23.1 Å². The summed E-state index contributed by atoms with van der Waals surface area (Å²) >= 11 is 0. The number of aldehydes is 1. The molecule has 1 rings (SSSR count). The highest BCUT2D eigenvalue weighted by Gasteiger charge is 2.15. The van der Waals surface area contributed by atoms with E-state index in [2.05, 4.69) is 0 Å². The molecule has 0 bridgehead atoms. The van der Waals surface area contributed by atoms with Gasteiger partial charge in [-0.1, -0.05) is 12.1 Å². The number of rotatable bonds is 3. The first-order valence-corrected chi connectivity index (χ1v) is 5.86. The molecule has 0 fully saturated rings. The zero-order valence-electron chi connectivity index (χ0n) is 8.15. The molecule has 0 heterocycles. The third-order valence-electron chi connectivity index (χ3n) is 1.97. The van der Waals surface area contributed by atoms with Crippen LogP contribution in [0, 0.1) is 13.8 Å². The maximum Gasteiger partial charge on any atom is 0.185 e. The van der Waals surface area contributed by atoms with Crippen LogP contribution in [0.4, 0.5) is 0 Å². The average Bonchev–Trinajstić information content (AvgIpc) is 2.09. The summed E-state index contributed by atoms with van der Waals surface area (Å²) in [6.07, 6.45) is 0.414. The number of carbonyl (C=O) groups is 1. The largest absolute Gasteiger partial charge is 0.302 e. The van der Waals surface area contributed by atoms with E-state index in [0.717, 1.165) is 5.56 Å². The molecule has 0 spiro atoms. The molecule has 0 amide bonds. The molecule has 0 atom stereocenters. The Kier molecular flexibility index (Phi) is 3.06. The molecule has 0 aliphatic heterocycles. The molecule has 0 aliphatic carbocycles. The summed E-state index contributed by atoms with van der Waals surface area (Å²) in [5.74, 6) is -0.447. The van der Waals surface area contributed by atoms with Crippen molar-refractivity contribution in [1.29, 1.82) is 0 Å². The van der Waals surface area contributed by atoms with E-state index in [-0.39, 0.29) is 4.90 Å². The molecule has 14 heavy (non-hydrogen) atoms. The molecule has 0 aliphatic rings. The lowest BCUT2D eigenvalue weighted by Crippen LogP contribution is -2.09. The Morgan fingerprint density at radius 3 is 2.50 bits per heavy atom. The third-order valence-corrected chi connectivity index (χ3v) is 3.65. The van der Waals surface area contributed by atoms with Gasteiger partial charge in [-0.15, -0.1) is 0 Å². The maximum atomic E-state index is 11.6. The van der Waals surface area contributed by atoms with E-state index in [4.69, 9.17) is 0 Å². The first-order chi connectivity index (χ1) is 6.47. The van der Waals surface area contributed by atoms with Gasteiger partial charge >= 0.3 is 0 Å². The van der Waals surface area contributed by atoms with Gasteiger partial charge in [-0.25, -0.2) is 8.42 Å². The molecule has 0 aromatic heterocycles. The number of hydrogen-bond acceptors (Lipinski definition) is 3. The van der Waals surface area contributed by atoms with Crippen molar-refractivity contribution < 1.29 is 13.2 Å². The van der Waals surface area contributed by atoms with Gasteiger partial charge in [0.05, 0.1) is 4.90 Å². The Hall–Kier alpha value is -1.16. The van der Waals surface area contributed by atoms with E-state index >= 15 is 0 Å². The highest BCUT2D eigenvalue weighted by molar-refractivity contribution is 7.92. The molecule has 4 heteroatoms. The van der Waals surface area contributed by atoms with E-state index in [1.807, 2.05) is 13.0 Å². The number of hydrogen-bond donors (Lipinski definition) is 0. The monoisotopic (exact) mass is 212 g/mol. The van der Waals surface area contributed by atoms with Gasteiger partial charge in [0.15, 0.2) is 9.84 Å². The summed E-state index contributed by atoms with van der Waals surface area (Å²) < 4.78 is 23.1. The normalized spacial score (nSPS) is 11.3. The highest BCUT2D eigenvalue weighted by Crippen LogP contribution is 2.17. The van der Waals surface area contributed by atoms with Crippen molar-refractivity contribution >= 4 is 16.1 Å². The van der Waals surface area contributed by atoms with Gasteiger partial charge < -0.3 is 4.79 Å². The average molecular weight is 212 g/mol. The topological polar surface area (TPSA) is 51.2 Å². The van der Waals surface area contributed by atoms with Gasteiger partial charge in [0.2, 0.25) is 0 Å². The lowest BCUT2D eigenvalue weighted by atomic mass is 10.2. The molecule has 1 aromatic rings. The Bertz CT molecular complexity index is 446. The minimum Gasteiger partial charge on any atom is -0.302 e. The van der Waals surface area contributed by atoms with E-state index < -0.39 is 15.6 Å². The molecule has 0 unspecified atom stereocenters. The molecule has 0 N–H and O–H groups in total. The highest BCUT2D eigenvalue weighted by atomic mass is 32.2. The predicted octanol–water partition coefficient (Wildman–Crippen LogP) is 1.28. The van der Waals surface area contributed by atoms with Crippen molar-refractivity contribution in [3.63, 3.8) is 0 Å². The lowest BCUT2D eigenvalue weighted by molar-refractivity contribution is -0.105. The van der Waals surface area contributed by atoms with Crippen molar-refractivity contribution in [2.45, 2.75) is 18.7 Å². The second-order valence-electron chi connectivity index (χ2n) is 3.22. The number of carbonyl (C=O) groups excluding carboxylic acids is 1. The molecule has 3 nitrogen and oxygen atoms in total. The molecule has 76 valence electrons. The first-order valence-electron chi connectivity index (χ1n) is 4.21. The molecule has 0 saturated heterocycles. The van der Waals surface area contributed by atoms with Crippen LogP contribution in [0.2, 0.25) is 0 Å². The Morgan fingerprint density at radius 1 is 1.29 bits per heavy atom. The minimum atomic E-state index is -3.43. The molecular weight excluding hydrogens is 200 g/mol. The predicted molar refractivity (Wildman–Crippen MR) is 54.0 cm³/mol. The number of sulfone groups is 1. The maximum absolute atomic E-state index is 11.6. The third kappa shape index (κ3) is 2.20. The van der Waals surface area contributed by atoms with Crippen LogP contribution in [0.25, 0.3) is 0 Å². The molecule has 0 radical (unpaired) electrons. The SMILES string of the molecule is Cc1ccc(C)c(S(=O)(=O)CC=O)c1. The smallest absolute Gasteiger partial charge is 0.185 e. The summed E-state index contributed by atoms with van der Waals surface area (Å²) in [7, 11) is -3.43. The van der Waals surface area contributed by atoms with Crippen LogP contribution in [0.1, 0.15) is 11.1 Å².